The maximum atomic E-state index is 12.6. The van der Waals surface area contributed by atoms with E-state index in [1.807, 2.05) is 12.5 Å². The molecule has 8 nitrogen and oxygen atoms in total. The molecule has 2 amide bonds. The lowest BCUT2D eigenvalue weighted by molar-refractivity contribution is -0.145. The summed E-state index contributed by atoms with van der Waals surface area (Å²) in [4.78, 5) is 49.4. The molecule has 194 valence electrons. The fraction of sp³-hybridized carbons (Fsp3) is 0.385. The van der Waals surface area contributed by atoms with E-state index < -0.39 is 24.0 Å². The first kappa shape index (κ1) is 29.3. The number of carbonyl (C=O) groups is 4. The van der Waals surface area contributed by atoms with Crippen LogP contribution in [0.15, 0.2) is 48.5 Å². The average Bonchev–Trinajstić information content (AvgIpc) is 2.88. The molecule has 2 rings (SSSR count). The van der Waals surface area contributed by atoms with Crippen LogP contribution in [0.3, 0.4) is 0 Å². The van der Waals surface area contributed by atoms with Gasteiger partial charge in [0.05, 0.1) is 13.2 Å². The summed E-state index contributed by atoms with van der Waals surface area (Å²) >= 11 is 2.89. The van der Waals surface area contributed by atoms with E-state index in [2.05, 4.69) is 10.6 Å². The Hall–Kier alpha value is -2.98. The number of carbonyl (C=O) groups excluding carboxylic acids is 4. The lowest BCUT2D eigenvalue weighted by Crippen LogP contribution is -2.43. The van der Waals surface area contributed by atoms with Crippen molar-refractivity contribution < 1.29 is 28.7 Å². The minimum Gasteiger partial charge on any atom is -0.464 e. The summed E-state index contributed by atoms with van der Waals surface area (Å²) in [5.41, 5.74) is 2.56. The molecule has 2 unspecified atom stereocenters. The highest BCUT2D eigenvalue weighted by Gasteiger charge is 2.23. The van der Waals surface area contributed by atoms with Gasteiger partial charge in [-0.3, -0.25) is 9.59 Å². The van der Waals surface area contributed by atoms with Gasteiger partial charge in [-0.25, -0.2) is 9.59 Å². The molecule has 2 atom stereocenters. The SMILES string of the molecule is CCOC(=O)C(CSC)NC(=O)c1ccc(-c2ccc(C(=O)NC(CSC)C(=O)OCC)cc2)cc1. The van der Waals surface area contributed by atoms with Crippen LogP contribution in [0.5, 0.6) is 0 Å². The van der Waals surface area contributed by atoms with E-state index in [1.165, 1.54) is 23.5 Å². The number of rotatable bonds is 13. The summed E-state index contributed by atoms with van der Waals surface area (Å²) in [5.74, 6) is -0.795. The van der Waals surface area contributed by atoms with Gasteiger partial charge in [-0.1, -0.05) is 24.3 Å². The Morgan fingerprint density at radius 3 is 1.28 bits per heavy atom. The maximum absolute atomic E-state index is 12.6. The first-order chi connectivity index (χ1) is 17.3. The molecule has 0 saturated carbocycles. The fourth-order valence-corrected chi connectivity index (χ4v) is 4.37. The van der Waals surface area contributed by atoms with Crippen LogP contribution in [0.4, 0.5) is 0 Å². The molecule has 0 aliphatic rings. The molecule has 0 bridgehead atoms. The molecule has 0 spiro atoms. The zero-order valence-electron chi connectivity index (χ0n) is 20.9. The molecular formula is C26H32N2O6S2. The molecule has 0 aromatic heterocycles. The second-order valence-corrected chi connectivity index (χ2v) is 9.44. The molecule has 2 N–H and O–H groups in total. The van der Waals surface area contributed by atoms with E-state index >= 15 is 0 Å². The van der Waals surface area contributed by atoms with Crippen molar-refractivity contribution >= 4 is 47.3 Å². The maximum Gasteiger partial charge on any atom is 0.329 e. The Kier molecular flexibility index (Phi) is 12.4. The smallest absolute Gasteiger partial charge is 0.329 e. The van der Waals surface area contributed by atoms with Gasteiger partial charge in [-0.05, 0) is 61.8 Å². The third kappa shape index (κ3) is 8.60. The number of nitrogens with one attached hydrogen (secondary N) is 2. The van der Waals surface area contributed by atoms with Gasteiger partial charge in [-0.15, -0.1) is 0 Å². The minimum atomic E-state index is -0.717. The van der Waals surface area contributed by atoms with Crippen molar-refractivity contribution in [1.29, 1.82) is 0 Å². The van der Waals surface area contributed by atoms with Crippen LogP contribution < -0.4 is 10.6 Å². The normalized spacial score (nSPS) is 12.2. The van der Waals surface area contributed by atoms with Crippen LogP contribution in [0.25, 0.3) is 11.1 Å². The van der Waals surface area contributed by atoms with E-state index in [0.717, 1.165) is 11.1 Å². The second-order valence-electron chi connectivity index (χ2n) is 7.62. The van der Waals surface area contributed by atoms with Crippen LogP contribution >= 0.6 is 23.5 Å². The zero-order valence-corrected chi connectivity index (χ0v) is 22.5. The second kappa shape index (κ2) is 15.2. The monoisotopic (exact) mass is 532 g/mol. The first-order valence-electron chi connectivity index (χ1n) is 11.5. The molecule has 0 aliphatic heterocycles. The summed E-state index contributed by atoms with van der Waals surface area (Å²) in [6.07, 6.45) is 3.70. The lowest BCUT2D eigenvalue weighted by atomic mass is 10.0. The number of thioether (sulfide) groups is 2. The largest absolute Gasteiger partial charge is 0.464 e. The Bertz CT molecular complexity index is 944. The third-order valence-electron chi connectivity index (χ3n) is 5.05. The quantitative estimate of drug-likeness (QED) is 0.378. The van der Waals surface area contributed by atoms with Crippen LogP contribution in [0.2, 0.25) is 0 Å². The van der Waals surface area contributed by atoms with Gasteiger partial charge < -0.3 is 20.1 Å². The van der Waals surface area contributed by atoms with Gasteiger partial charge in [0.2, 0.25) is 0 Å². The van der Waals surface area contributed by atoms with Crippen LogP contribution in [-0.2, 0) is 19.1 Å². The third-order valence-corrected chi connectivity index (χ3v) is 6.38. The molecule has 0 saturated heterocycles. The van der Waals surface area contributed by atoms with Gasteiger partial charge >= 0.3 is 11.9 Å². The molecule has 0 fully saturated rings. The van der Waals surface area contributed by atoms with Crippen molar-refractivity contribution in [3.63, 3.8) is 0 Å². The van der Waals surface area contributed by atoms with Crippen LogP contribution in [-0.4, -0.2) is 73.1 Å². The molecule has 0 heterocycles. The summed E-state index contributed by atoms with van der Waals surface area (Å²) < 4.78 is 10.1. The molecule has 2 aromatic rings. The van der Waals surface area contributed by atoms with Crippen molar-refractivity contribution in [2.45, 2.75) is 25.9 Å². The Balaban J connectivity index is 2.06. The predicted octanol–water partition coefficient (Wildman–Crippen LogP) is 3.40. The minimum absolute atomic E-state index is 0.249. The molecule has 0 aliphatic carbocycles. The molecule has 10 heteroatoms. The number of amides is 2. The van der Waals surface area contributed by atoms with Gasteiger partial charge in [0.15, 0.2) is 0 Å². The number of ether oxygens (including phenoxy) is 2. The van der Waals surface area contributed by atoms with Gasteiger partial charge in [0.25, 0.3) is 11.8 Å². The van der Waals surface area contributed by atoms with Gasteiger partial charge in [-0.2, -0.15) is 23.5 Å². The molecule has 0 radical (unpaired) electrons. The zero-order chi connectivity index (χ0) is 26.5. The highest BCUT2D eigenvalue weighted by Crippen LogP contribution is 2.21. The van der Waals surface area contributed by atoms with Crippen molar-refractivity contribution in [3.8, 4) is 11.1 Å². The van der Waals surface area contributed by atoms with Crippen molar-refractivity contribution in [3.05, 3.63) is 59.7 Å². The van der Waals surface area contributed by atoms with Crippen molar-refractivity contribution in [2.75, 3.05) is 37.2 Å². The predicted molar refractivity (Wildman–Crippen MR) is 144 cm³/mol. The Morgan fingerprint density at radius 2 is 1.00 bits per heavy atom. The first-order valence-corrected chi connectivity index (χ1v) is 14.3. The number of benzene rings is 2. The van der Waals surface area contributed by atoms with Gasteiger partial charge in [0.1, 0.15) is 12.1 Å². The van der Waals surface area contributed by atoms with E-state index in [9.17, 15) is 19.2 Å². The summed E-state index contributed by atoms with van der Waals surface area (Å²) in [7, 11) is 0. The van der Waals surface area contributed by atoms with Crippen molar-refractivity contribution in [2.24, 2.45) is 0 Å². The molecule has 36 heavy (non-hydrogen) atoms. The van der Waals surface area contributed by atoms with Crippen LogP contribution in [0.1, 0.15) is 34.6 Å². The molecular weight excluding hydrogens is 500 g/mol. The number of hydrogen-bond donors (Lipinski definition) is 2. The van der Waals surface area contributed by atoms with E-state index in [1.54, 1.807) is 62.4 Å². The number of esters is 2. The highest BCUT2D eigenvalue weighted by atomic mass is 32.2. The summed E-state index contributed by atoms with van der Waals surface area (Å²) in [6.45, 7) is 3.94. The van der Waals surface area contributed by atoms with E-state index in [0.29, 0.717) is 22.6 Å². The average molecular weight is 533 g/mol. The van der Waals surface area contributed by atoms with E-state index in [-0.39, 0.29) is 25.0 Å². The van der Waals surface area contributed by atoms with Gasteiger partial charge in [0, 0.05) is 22.6 Å². The van der Waals surface area contributed by atoms with Crippen LogP contribution in [0, 0.1) is 0 Å². The summed E-state index contributed by atoms with van der Waals surface area (Å²) in [6, 6.07) is 12.5. The summed E-state index contributed by atoms with van der Waals surface area (Å²) in [5, 5.41) is 5.45. The Labute approximate surface area is 220 Å². The standard InChI is InChI=1S/C26H32N2O6S2/c1-5-33-25(31)21(15-35-3)27-23(29)19-11-7-17(8-12-19)18-9-13-20(14-10-18)24(30)28-22(16-36-4)26(32)34-6-2/h7-14,21-22H,5-6,15-16H2,1-4H3,(H,27,29)(H,28,30). The van der Waals surface area contributed by atoms with Crippen molar-refractivity contribution in [1.82, 2.24) is 10.6 Å². The molecule has 2 aromatic carbocycles. The lowest BCUT2D eigenvalue weighted by Gasteiger charge is -2.16. The fourth-order valence-electron chi connectivity index (χ4n) is 3.27. The van der Waals surface area contributed by atoms with E-state index in [4.69, 9.17) is 9.47 Å². The Morgan fingerprint density at radius 1 is 0.667 bits per heavy atom. The highest BCUT2D eigenvalue weighted by molar-refractivity contribution is 7.98. The topological polar surface area (TPSA) is 111 Å². The number of hydrogen-bond acceptors (Lipinski definition) is 8.